The molecule has 0 saturated carbocycles. The first-order valence-corrected chi connectivity index (χ1v) is 5.00. The van der Waals surface area contributed by atoms with Crippen LogP contribution >= 0.6 is 0 Å². The standard InChI is InChI=1S/C11H14O6/c12-4-3-8(13)10(15)6-1-2-7(11(16)17)9(14)5-6/h1-2,5,8,10,12-15H,3-4H2,(H,16,17). The van der Waals surface area contributed by atoms with Crippen LogP contribution in [-0.2, 0) is 0 Å². The van der Waals surface area contributed by atoms with Crippen LogP contribution in [0.25, 0.3) is 0 Å². The number of aliphatic hydroxyl groups excluding tert-OH is 3. The zero-order valence-electron chi connectivity index (χ0n) is 8.95. The Bertz CT molecular complexity index is 403. The summed E-state index contributed by atoms with van der Waals surface area (Å²) in [7, 11) is 0. The average Bonchev–Trinajstić information content (AvgIpc) is 2.27. The number of hydrogen-bond acceptors (Lipinski definition) is 5. The van der Waals surface area contributed by atoms with Crippen LogP contribution in [0.5, 0.6) is 5.75 Å². The molecule has 1 aromatic rings. The van der Waals surface area contributed by atoms with Gasteiger partial charge in [0, 0.05) is 6.61 Å². The van der Waals surface area contributed by atoms with Gasteiger partial charge in [0.2, 0.25) is 0 Å². The average molecular weight is 242 g/mol. The molecule has 0 heterocycles. The molecule has 5 N–H and O–H groups in total. The van der Waals surface area contributed by atoms with E-state index in [4.69, 9.17) is 10.2 Å². The quantitative estimate of drug-likeness (QED) is 0.490. The second kappa shape index (κ2) is 5.62. The van der Waals surface area contributed by atoms with Gasteiger partial charge < -0.3 is 25.5 Å². The van der Waals surface area contributed by atoms with Crippen LogP contribution in [0.3, 0.4) is 0 Å². The molecule has 1 aromatic carbocycles. The van der Waals surface area contributed by atoms with Crippen molar-refractivity contribution >= 4 is 5.97 Å². The summed E-state index contributed by atoms with van der Waals surface area (Å²) in [5, 5.41) is 45.8. The number of aromatic carboxylic acids is 1. The van der Waals surface area contributed by atoms with Gasteiger partial charge in [-0.15, -0.1) is 0 Å². The first-order chi connectivity index (χ1) is 7.97. The minimum Gasteiger partial charge on any atom is -0.507 e. The second-order valence-corrected chi connectivity index (χ2v) is 3.61. The lowest BCUT2D eigenvalue weighted by Gasteiger charge is -2.17. The fourth-order valence-corrected chi connectivity index (χ4v) is 1.43. The maximum atomic E-state index is 10.6. The van der Waals surface area contributed by atoms with E-state index in [9.17, 15) is 20.1 Å². The van der Waals surface area contributed by atoms with Gasteiger partial charge in [-0.3, -0.25) is 0 Å². The third-order valence-corrected chi connectivity index (χ3v) is 2.38. The van der Waals surface area contributed by atoms with Crippen molar-refractivity contribution < 1.29 is 30.3 Å². The van der Waals surface area contributed by atoms with E-state index < -0.39 is 23.9 Å². The summed E-state index contributed by atoms with van der Waals surface area (Å²) in [4.78, 5) is 10.6. The predicted octanol–water partition coefficient (Wildman–Crippen LogP) is -0.133. The molecule has 0 saturated heterocycles. The Hall–Kier alpha value is -1.63. The van der Waals surface area contributed by atoms with Crippen molar-refractivity contribution in [2.45, 2.75) is 18.6 Å². The molecular weight excluding hydrogens is 228 g/mol. The molecule has 6 nitrogen and oxygen atoms in total. The molecule has 0 aliphatic carbocycles. The molecule has 0 aliphatic heterocycles. The SMILES string of the molecule is O=C(O)c1ccc(C(O)C(O)CCO)cc1O. The second-order valence-electron chi connectivity index (χ2n) is 3.61. The number of phenols is 1. The van der Waals surface area contributed by atoms with E-state index in [-0.39, 0.29) is 24.2 Å². The minimum absolute atomic E-state index is 0.0113. The summed E-state index contributed by atoms with van der Waals surface area (Å²) in [6.45, 7) is -0.280. The van der Waals surface area contributed by atoms with Gasteiger partial charge in [0.15, 0.2) is 0 Å². The Labute approximate surface area is 97.4 Å². The smallest absolute Gasteiger partial charge is 0.339 e. The van der Waals surface area contributed by atoms with Crippen molar-refractivity contribution in [1.29, 1.82) is 0 Å². The fraction of sp³-hybridized carbons (Fsp3) is 0.364. The molecule has 2 atom stereocenters. The Morgan fingerprint density at radius 1 is 1.29 bits per heavy atom. The number of rotatable bonds is 5. The molecule has 0 aliphatic rings. The molecule has 6 heteroatoms. The Balaban J connectivity index is 2.93. The van der Waals surface area contributed by atoms with Crippen LogP contribution in [0.4, 0.5) is 0 Å². The molecule has 17 heavy (non-hydrogen) atoms. The number of hydrogen-bond donors (Lipinski definition) is 5. The lowest BCUT2D eigenvalue weighted by Crippen LogP contribution is -2.19. The van der Waals surface area contributed by atoms with Crippen LogP contribution in [0, 0.1) is 0 Å². The lowest BCUT2D eigenvalue weighted by atomic mass is 10.0. The molecule has 0 aromatic heterocycles. The van der Waals surface area contributed by atoms with Gasteiger partial charge in [-0.25, -0.2) is 4.79 Å². The van der Waals surface area contributed by atoms with Crippen molar-refractivity contribution in [2.75, 3.05) is 6.61 Å². The number of benzene rings is 1. The van der Waals surface area contributed by atoms with Crippen molar-refractivity contribution in [1.82, 2.24) is 0 Å². The number of carbonyl (C=O) groups is 1. The summed E-state index contributed by atoms with van der Waals surface area (Å²) in [5.41, 5.74) is -0.0916. The van der Waals surface area contributed by atoms with Crippen LogP contribution < -0.4 is 0 Å². The van der Waals surface area contributed by atoms with E-state index in [0.29, 0.717) is 0 Å². The zero-order valence-corrected chi connectivity index (χ0v) is 8.95. The van der Waals surface area contributed by atoms with Gasteiger partial charge in [0.05, 0.1) is 6.10 Å². The highest BCUT2D eigenvalue weighted by molar-refractivity contribution is 5.90. The molecule has 0 fully saturated rings. The maximum Gasteiger partial charge on any atom is 0.339 e. The van der Waals surface area contributed by atoms with Crippen molar-refractivity contribution in [3.05, 3.63) is 29.3 Å². The summed E-state index contributed by atoms with van der Waals surface area (Å²) in [5.74, 6) is -1.76. The van der Waals surface area contributed by atoms with E-state index in [1.54, 1.807) is 0 Å². The highest BCUT2D eigenvalue weighted by atomic mass is 16.4. The van der Waals surface area contributed by atoms with Gasteiger partial charge in [0.1, 0.15) is 17.4 Å². The number of aromatic hydroxyl groups is 1. The van der Waals surface area contributed by atoms with E-state index in [0.717, 1.165) is 12.1 Å². The molecule has 94 valence electrons. The van der Waals surface area contributed by atoms with Gasteiger partial charge >= 0.3 is 5.97 Å². The summed E-state index contributed by atoms with van der Waals surface area (Å²) >= 11 is 0. The third-order valence-electron chi connectivity index (χ3n) is 2.38. The first kappa shape index (κ1) is 13.4. The molecular formula is C11H14O6. The number of aliphatic hydroxyl groups is 3. The summed E-state index contributed by atoms with van der Waals surface area (Å²) < 4.78 is 0. The van der Waals surface area contributed by atoms with Gasteiger partial charge in [0.25, 0.3) is 0 Å². The van der Waals surface area contributed by atoms with Gasteiger partial charge in [-0.1, -0.05) is 6.07 Å². The summed E-state index contributed by atoms with van der Waals surface area (Å²) in [6, 6.07) is 3.52. The lowest BCUT2D eigenvalue weighted by molar-refractivity contribution is 0.00412. The molecule has 2 unspecified atom stereocenters. The van der Waals surface area contributed by atoms with Gasteiger partial charge in [-0.05, 0) is 24.1 Å². The van der Waals surface area contributed by atoms with E-state index in [2.05, 4.69) is 0 Å². The van der Waals surface area contributed by atoms with Crippen LogP contribution in [0.15, 0.2) is 18.2 Å². The van der Waals surface area contributed by atoms with Crippen LogP contribution in [0.2, 0.25) is 0 Å². The minimum atomic E-state index is -1.28. The zero-order chi connectivity index (χ0) is 13.0. The topological polar surface area (TPSA) is 118 Å². The largest absolute Gasteiger partial charge is 0.507 e. The summed E-state index contributed by atoms with van der Waals surface area (Å²) in [6.07, 6.45) is -2.46. The molecule has 0 spiro atoms. The van der Waals surface area contributed by atoms with E-state index >= 15 is 0 Å². The highest BCUT2D eigenvalue weighted by Crippen LogP contribution is 2.25. The fourth-order valence-electron chi connectivity index (χ4n) is 1.43. The van der Waals surface area contributed by atoms with Crippen molar-refractivity contribution in [3.8, 4) is 5.75 Å². The molecule has 0 amide bonds. The van der Waals surface area contributed by atoms with Gasteiger partial charge in [-0.2, -0.15) is 0 Å². The van der Waals surface area contributed by atoms with Crippen molar-refractivity contribution in [2.24, 2.45) is 0 Å². The Morgan fingerprint density at radius 3 is 2.41 bits per heavy atom. The third kappa shape index (κ3) is 3.16. The predicted molar refractivity (Wildman–Crippen MR) is 57.7 cm³/mol. The first-order valence-electron chi connectivity index (χ1n) is 5.00. The van der Waals surface area contributed by atoms with Crippen molar-refractivity contribution in [3.63, 3.8) is 0 Å². The van der Waals surface area contributed by atoms with E-state index in [1.165, 1.54) is 6.07 Å². The molecule has 1 rings (SSSR count). The monoisotopic (exact) mass is 242 g/mol. The Morgan fingerprint density at radius 2 is 1.94 bits per heavy atom. The van der Waals surface area contributed by atoms with E-state index in [1.807, 2.05) is 0 Å². The number of carboxylic acid groups (broad SMARTS) is 1. The molecule has 0 bridgehead atoms. The van der Waals surface area contributed by atoms with Crippen LogP contribution in [0.1, 0.15) is 28.4 Å². The highest BCUT2D eigenvalue weighted by Gasteiger charge is 2.20. The normalized spacial score (nSPS) is 14.3. The number of carboxylic acids is 1. The molecule has 0 radical (unpaired) electrons. The maximum absolute atomic E-state index is 10.6. The van der Waals surface area contributed by atoms with Crippen LogP contribution in [-0.4, -0.2) is 44.2 Å². The Kier molecular flexibility index (Phi) is 4.45.